The number of nitrogens with two attached hydrogens (primary N) is 1. The number of ether oxygens (including phenoxy) is 1. The number of hydrogen-bond donors (Lipinski definition) is 2. The fraction of sp³-hybridized carbons (Fsp3) is 0.800. The predicted molar refractivity (Wildman–Crippen MR) is 111 cm³/mol. The van der Waals surface area contributed by atoms with Gasteiger partial charge in [-0.05, 0) is 67.5 Å². The smallest absolute Gasteiger partial charge is 0.444 e. The van der Waals surface area contributed by atoms with Gasteiger partial charge in [0, 0.05) is 19.0 Å². The standard InChI is InChI=1S/C20H36BN3O4/c1-18(2,3)26-17(25)24-10-8-15(9-11-24)13-23-14-16(12-22)21-27-19(4,5)20(6,7)28-21/h12,14-15H,8-11,13,22H2,1-7H3/p+1. The van der Waals surface area contributed by atoms with E-state index in [0.29, 0.717) is 5.92 Å². The van der Waals surface area contributed by atoms with E-state index in [0.717, 1.165) is 37.9 Å². The largest absolute Gasteiger partial charge is 0.502 e. The third kappa shape index (κ3) is 5.73. The molecule has 3 N–H and O–H groups in total. The number of nitrogens with zero attached hydrogens (tertiary/aromatic N) is 1. The molecular weight excluding hydrogens is 357 g/mol. The van der Waals surface area contributed by atoms with Crippen molar-refractivity contribution in [2.75, 3.05) is 19.6 Å². The van der Waals surface area contributed by atoms with Crippen molar-refractivity contribution in [2.45, 2.75) is 78.1 Å². The first-order valence-electron chi connectivity index (χ1n) is 10.2. The molecule has 28 heavy (non-hydrogen) atoms. The van der Waals surface area contributed by atoms with E-state index in [1.54, 1.807) is 4.90 Å². The summed E-state index contributed by atoms with van der Waals surface area (Å²) in [5.74, 6) is 0.493. The Morgan fingerprint density at radius 3 is 2.21 bits per heavy atom. The maximum atomic E-state index is 12.1. The summed E-state index contributed by atoms with van der Waals surface area (Å²) in [4.78, 5) is 17.3. The van der Waals surface area contributed by atoms with Gasteiger partial charge in [-0.3, -0.25) is 0 Å². The fourth-order valence-electron chi connectivity index (χ4n) is 3.16. The quantitative estimate of drug-likeness (QED) is 0.554. The molecule has 0 aromatic rings. The van der Waals surface area contributed by atoms with Gasteiger partial charge in [-0.15, -0.1) is 0 Å². The number of carbonyl (C=O) groups excluding carboxylic acids is 1. The van der Waals surface area contributed by atoms with Gasteiger partial charge in [0.1, 0.15) is 12.1 Å². The Morgan fingerprint density at radius 2 is 1.75 bits per heavy atom. The highest BCUT2D eigenvalue weighted by Crippen LogP contribution is 2.37. The summed E-state index contributed by atoms with van der Waals surface area (Å²) < 4.78 is 17.5. The molecule has 2 rings (SSSR count). The lowest BCUT2D eigenvalue weighted by atomic mass is 9.79. The zero-order valence-corrected chi connectivity index (χ0v) is 18.5. The average molecular weight is 394 g/mol. The second-order valence-electron chi connectivity index (χ2n) is 9.72. The summed E-state index contributed by atoms with van der Waals surface area (Å²) in [7, 11) is -0.475. The monoisotopic (exact) mass is 394 g/mol. The van der Waals surface area contributed by atoms with E-state index in [-0.39, 0.29) is 6.09 Å². The Morgan fingerprint density at radius 1 is 1.21 bits per heavy atom. The van der Waals surface area contributed by atoms with Gasteiger partial charge in [-0.25, -0.2) is 9.79 Å². The highest BCUT2D eigenvalue weighted by Gasteiger charge is 2.52. The van der Waals surface area contributed by atoms with Crippen molar-refractivity contribution < 1.29 is 23.8 Å². The van der Waals surface area contributed by atoms with Crippen LogP contribution in [0.2, 0.25) is 0 Å². The van der Waals surface area contributed by atoms with Crippen molar-refractivity contribution in [1.82, 2.24) is 4.90 Å². The first kappa shape index (κ1) is 22.8. The molecule has 7 nitrogen and oxygen atoms in total. The highest BCUT2D eigenvalue weighted by molar-refractivity contribution is 6.60. The number of nitrogens with one attached hydrogen (secondary N) is 1. The van der Waals surface area contributed by atoms with Crippen molar-refractivity contribution in [3.63, 3.8) is 0 Å². The third-order valence-electron chi connectivity index (χ3n) is 5.66. The molecule has 8 heteroatoms. The van der Waals surface area contributed by atoms with Crippen LogP contribution in [-0.4, -0.2) is 60.8 Å². The minimum absolute atomic E-state index is 0.223. The molecular formula is C20H37BN3O4+. The minimum atomic E-state index is -0.475. The molecule has 0 saturated carbocycles. The van der Waals surface area contributed by atoms with Crippen LogP contribution in [0, 0.1) is 5.92 Å². The van der Waals surface area contributed by atoms with E-state index in [1.165, 1.54) is 6.20 Å². The van der Waals surface area contributed by atoms with Gasteiger partial charge in [0.2, 0.25) is 0 Å². The third-order valence-corrected chi connectivity index (χ3v) is 5.66. The molecule has 1 amide bonds. The Hall–Kier alpha value is -1.54. The first-order valence-corrected chi connectivity index (χ1v) is 10.2. The summed E-state index contributed by atoms with van der Waals surface area (Å²) in [6, 6.07) is 0. The second kappa shape index (κ2) is 8.45. The molecule has 0 bridgehead atoms. The number of rotatable bonds is 4. The fourth-order valence-corrected chi connectivity index (χ4v) is 3.16. The van der Waals surface area contributed by atoms with Gasteiger partial charge >= 0.3 is 13.2 Å². The topological polar surface area (TPSA) is 88.0 Å². The first-order chi connectivity index (χ1) is 12.8. The van der Waals surface area contributed by atoms with Crippen LogP contribution >= 0.6 is 0 Å². The molecule has 0 aromatic heterocycles. The van der Waals surface area contributed by atoms with Crippen molar-refractivity contribution >= 4 is 19.4 Å². The van der Waals surface area contributed by atoms with Gasteiger partial charge in [0.25, 0.3) is 0 Å². The van der Waals surface area contributed by atoms with Crippen LogP contribution in [0.1, 0.15) is 61.3 Å². The predicted octanol–water partition coefficient (Wildman–Crippen LogP) is 1.26. The van der Waals surface area contributed by atoms with Gasteiger partial charge < -0.3 is 24.7 Å². The van der Waals surface area contributed by atoms with E-state index >= 15 is 0 Å². The van der Waals surface area contributed by atoms with Crippen LogP contribution in [0.3, 0.4) is 0 Å². The van der Waals surface area contributed by atoms with Crippen LogP contribution in [0.5, 0.6) is 0 Å². The van der Waals surface area contributed by atoms with Crippen LogP contribution in [0.25, 0.3) is 0 Å². The molecule has 0 aromatic carbocycles. The zero-order chi connectivity index (χ0) is 21.2. The molecule has 2 heterocycles. The normalized spacial score (nSPS) is 23.5. The van der Waals surface area contributed by atoms with Gasteiger partial charge in [-0.1, -0.05) is 0 Å². The summed E-state index contributed by atoms with van der Waals surface area (Å²) in [6.45, 7) is 16.0. The number of carbonyl (C=O) groups is 1. The second-order valence-corrected chi connectivity index (χ2v) is 9.72. The maximum absolute atomic E-state index is 12.1. The van der Waals surface area contributed by atoms with E-state index < -0.39 is 23.9 Å². The van der Waals surface area contributed by atoms with E-state index in [9.17, 15) is 4.79 Å². The molecule has 0 atom stereocenters. The summed E-state index contributed by atoms with van der Waals surface area (Å²) in [5.41, 5.74) is 5.34. The molecule has 2 aliphatic rings. The Balaban J connectivity index is 1.81. The molecule has 0 radical (unpaired) electrons. The maximum Gasteiger partial charge on any atom is 0.502 e. The average Bonchev–Trinajstić information content (AvgIpc) is 2.78. The summed E-state index contributed by atoms with van der Waals surface area (Å²) >= 11 is 0. The van der Waals surface area contributed by atoms with Gasteiger partial charge in [0.05, 0.1) is 16.7 Å². The molecule has 2 saturated heterocycles. The number of amides is 1. The van der Waals surface area contributed by atoms with Crippen LogP contribution < -0.4 is 10.7 Å². The van der Waals surface area contributed by atoms with Crippen molar-refractivity contribution in [3.8, 4) is 0 Å². The van der Waals surface area contributed by atoms with E-state index in [4.69, 9.17) is 19.8 Å². The van der Waals surface area contributed by atoms with Crippen molar-refractivity contribution in [2.24, 2.45) is 11.7 Å². The van der Waals surface area contributed by atoms with Gasteiger partial charge in [0.15, 0.2) is 6.21 Å². The van der Waals surface area contributed by atoms with Gasteiger partial charge in [-0.2, -0.15) is 0 Å². The molecule has 0 aliphatic carbocycles. The minimum Gasteiger partial charge on any atom is -0.444 e. The molecule has 0 unspecified atom stereocenters. The number of allylic oxidation sites excluding steroid dienone is 1. The SMILES string of the molecule is CC(C)(C)OC(=O)N1CCC(C[NH+]=CC(=CN)B2OC(C)(C)C(C)(C)O2)CC1. The van der Waals surface area contributed by atoms with Crippen molar-refractivity contribution in [3.05, 3.63) is 11.7 Å². The highest BCUT2D eigenvalue weighted by atomic mass is 16.7. The summed E-state index contributed by atoms with van der Waals surface area (Å²) in [5, 5.41) is 0. The lowest BCUT2D eigenvalue weighted by Gasteiger charge is -2.32. The van der Waals surface area contributed by atoms with Crippen LogP contribution in [0.4, 0.5) is 4.79 Å². The van der Waals surface area contributed by atoms with E-state index in [1.807, 2.05) is 54.7 Å². The number of hydrogen-bond acceptors (Lipinski definition) is 5. The Bertz CT molecular complexity index is 601. The number of piperidine rings is 1. The molecule has 2 aliphatic heterocycles. The number of likely N-dealkylation sites (tertiary alicyclic amines) is 1. The molecule has 0 spiro atoms. The van der Waals surface area contributed by atoms with Crippen LogP contribution in [0.15, 0.2) is 11.7 Å². The Kier molecular flexibility index (Phi) is 6.87. The van der Waals surface area contributed by atoms with E-state index in [2.05, 4.69) is 4.99 Å². The Labute approximate surface area is 169 Å². The zero-order valence-electron chi connectivity index (χ0n) is 18.5. The lowest BCUT2D eigenvalue weighted by Crippen LogP contribution is -2.72. The van der Waals surface area contributed by atoms with Crippen LogP contribution in [-0.2, 0) is 14.0 Å². The lowest BCUT2D eigenvalue weighted by molar-refractivity contribution is -0.461. The summed E-state index contributed by atoms with van der Waals surface area (Å²) in [6.07, 6.45) is 5.07. The van der Waals surface area contributed by atoms with Crippen molar-refractivity contribution in [1.29, 1.82) is 0 Å². The molecule has 2 fully saturated rings. The molecule has 158 valence electrons.